The fourth-order valence-electron chi connectivity index (χ4n) is 4.97. The largest absolute Gasteiger partial charge is 0.489 e. The number of benzene rings is 4. The minimum absolute atomic E-state index is 0.209. The molecule has 5 rings (SSSR count). The van der Waals surface area contributed by atoms with Gasteiger partial charge in [0.05, 0.1) is 26.2 Å². The summed E-state index contributed by atoms with van der Waals surface area (Å²) in [5.41, 5.74) is 2.16. The number of hydrogen-bond acceptors (Lipinski definition) is 9. The van der Waals surface area contributed by atoms with Crippen molar-refractivity contribution in [2.45, 2.75) is 57.1 Å². The Morgan fingerprint density at radius 3 is 1.81 bits per heavy atom. The molecule has 2 unspecified atom stereocenters. The molecule has 1 heterocycles. The van der Waals surface area contributed by atoms with Crippen LogP contribution in [0.5, 0.6) is 23.0 Å². The van der Waals surface area contributed by atoms with Gasteiger partial charge in [-0.3, -0.25) is 4.79 Å². The van der Waals surface area contributed by atoms with E-state index < -0.39 is 18.8 Å². The summed E-state index contributed by atoms with van der Waals surface area (Å²) >= 11 is 0. The van der Waals surface area contributed by atoms with E-state index in [1.807, 2.05) is 84.9 Å². The van der Waals surface area contributed by atoms with Crippen LogP contribution in [0, 0.1) is 0 Å². The number of amides is 1. The van der Waals surface area contributed by atoms with Crippen molar-refractivity contribution in [1.82, 2.24) is 5.32 Å². The average molecular weight is 658 g/mol. The van der Waals surface area contributed by atoms with Crippen LogP contribution in [0.3, 0.4) is 0 Å². The fraction of sp³-hybridized carbons (Fsp3) is 0.342. The molecule has 0 radical (unpaired) electrons. The lowest BCUT2D eigenvalue weighted by Gasteiger charge is -2.29. The Morgan fingerprint density at radius 2 is 1.27 bits per heavy atom. The van der Waals surface area contributed by atoms with Gasteiger partial charge in [-0.05, 0) is 66.1 Å². The second-order valence-corrected chi connectivity index (χ2v) is 11.4. The van der Waals surface area contributed by atoms with Crippen LogP contribution in [0.2, 0.25) is 0 Å². The molecule has 4 aromatic carbocycles. The third-order valence-corrected chi connectivity index (χ3v) is 7.61. The molecule has 3 N–H and O–H groups in total. The van der Waals surface area contributed by atoms with Gasteiger partial charge in [-0.1, -0.05) is 60.7 Å². The summed E-state index contributed by atoms with van der Waals surface area (Å²) < 4.78 is 35.0. The number of hydrogen-bond donors (Lipinski definition) is 3. The fourth-order valence-corrected chi connectivity index (χ4v) is 4.97. The Labute approximate surface area is 281 Å². The van der Waals surface area contributed by atoms with Crippen molar-refractivity contribution >= 4 is 5.91 Å². The van der Waals surface area contributed by atoms with E-state index in [9.17, 15) is 15.0 Å². The van der Waals surface area contributed by atoms with E-state index in [1.54, 1.807) is 24.3 Å². The van der Waals surface area contributed by atoms with Gasteiger partial charge in [0.25, 0.3) is 0 Å². The van der Waals surface area contributed by atoms with Crippen LogP contribution in [0.4, 0.5) is 0 Å². The highest BCUT2D eigenvalue weighted by Crippen LogP contribution is 2.23. The van der Waals surface area contributed by atoms with E-state index in [-0.39, 0.29) is 24.7 Å². The van der Waals surface area contributed by atoms with Gasteiger partial charge in [-0.25, -0.2) is 0 Å². The van der Waals surface area contributed by atoms with E-state index in [4.69, 9.17) is 28.4 Å². The van der Waals surface area contributed by atoms with Crippen LogP contribution in [-0.2, 0) is 27.5 Å². The zero-order valence-corrected chi connectivity index (χ0v) is 26.8. The predicted octanol–water partition coefficient (Wildman–Crippen LogP) is 5.05. The summed E-state index contributed by atoms with van der Waals surface area (Å²) in [6.07, 6.45) is -1.76. The minimum Gasteiger partial charge on any atom is -0.489 e. The standard InChI is InChI=1S/C38H43NO9/c40-23-36(48-33-19-15-31(16-20-33)44-25-29-10-5-2-6-11-29)35(41)22-37(42)39-21-7-12-38-45-26-34(27-46-38)47-32-17-13-30(14-18-32)43-24-28-8-3-1-4-9-28/h1-6,8-11,13-20,34-36,38,40-41H,7,12,21-27H2,(H,39,42). The van der Waals surface area contributed by atoms with Gasteiger partial charge in [0.1, 0.15) is 54.5 Å². The van der Waals surface area contributed by atoms with Crippen molar-refractivity contribution in [3.63, 3.8) is 0 Å². The number of nitrogens with one attached hydrogen (secondary N) is 1. The molecule has 0 spiro atoms. The van der Waals surface area contributed by atoms with Crippen molar-refractivity contribution in [2.75, 3.05) is 26.4 Å². The monoisotopic (exact) mass is 657 g/mol. The van der Waals surface area contributed by atoms with Crippen molar-refractivity contribution in [1.29, 1.82) is 0 Å². The van der Waals surface area contributed by atoms with Crippen LogP contribution in [0.25, 0.3) is 0 Å². The quantitative estimate of drug-likeness (QED) is 0.126. The van der Waals surface area contributed by atoms with E-state index in [0.29, 0.717) is 63.1 Å². The number of carbonyl (C=O) groups excluding carboxylic acids is 1. The van der Waals surface area contributed by atoms with Gasteiger partial charge in [0.15, 0.2) is 6.29 Å². The molecule has 4 aromatic rings. The summed E-state index contributed by atoms with van der Waals surface area (Å²) in [6, 6.07) is 34.2. The number of rotatable bonds is 18. The van der Waals surface area contributed by atoms with Crippen molar-refractivity contribution in [2.24, 2.45) is 0 Å². The first-order chi connectivity index (χ1) is 23.5. The Bertz CT molecular complexity index is 1480. The van der Waals surface area contributed by atoms with Gasteiger partial charge in [0.2, 0.25) is 5.91 Å². The molecule has 48 heavy (non-hydrogen) atoms. The smallest absolute Gasteiger partial charge is 0.222 e. The second-order valence-electron chi connectivity index (χ2n) is 11.4. The summed E-state index contributed by atoms with van der Waals surface area (Å²) in [6.45, 7) is 1.66. The first-order valence-corrected chi connectivity index (χ1v) is 16.2. The molecule has 1 fully saturated rings. The first kappa shape index (κ1) is 34.7. The molecule has 2 atom stereocenters. The maximum absolute atomic E-state index is 12.4. The molecule has 0 aromatic heterocycles. The third-order valence-electron chi connectivity index (χ3n) is 7.61. The lowest BCUT2D eigenvalue weighted by Crippen LogP contribution is -2.40. The van der Waals surface area contributed by atoms with Crippen molar-refractivity contribution in [3.05, 3.63) is 120 Å². The Kier molecular flexibility index (Phi) is 13.5. The third kappa shape index (κ3) is 11.6. The summed E-state index contributed by atoms with van der Waals surface area (Å²) in [5.74, 6) is 2.24. The Balaban J connectivity index is 0.923. The zero-order valence-electron chi connectivity index (χ0n) is 26.8. The lowest BCUT2D eigenvalue weighted by atomic mass is 10.1. The molecule has 10 nitrogen and oxygen atoms in total. The molecule has 0 aliphatic carbocycles. The highest BCUT2D eigenvalue weighted by Gasteiger charge is 2.25. The maximum Gasteiger partial charge on any atom is 0.222 e. The van der Waals surface area contributed by atoms with Crippen LogP contribution >= 0.6 is 0 Å². The lowest BCUT2D eigenvalue weighted by molar-refractivity contribution is -0.213. The highest BCUT2D eigenvalue weighted by molar-refractivity contribution is 5.76. The topological polar surface area (TPSA) is 125 Å². The molecular weight excluding hydrogens is 614 g/mol. The minimum atomic E-state index is -1.19. The predicted molar refractivity (Wildman–Crippen MR) is 179 cm³/mol. The normalized spacial score (nSPS) is 17.1. The molecule has 1 amide bonds. The molecule has 0 saturated carbocycles. The van der Waals surface area contributed by atoms with Gasteiger partial charge < -0.3 is 44.0 Å². The molecule has 254 valence electrons. The van der Waals surface area contributed by atoms with Gasteiger partial charge in [0, 0.05) is 13.0 Å². The van der Waals surface area contributed by atoms with Crippen LogP contribution in [0.1, 0.15) is 30.4 Å². The van der Waals surface area contributed by atoms with Crippen molar-refractivity contribution in [3.8, 4) is 23.0 Å². The first-order valence-electron chi connectivity index (χ1n) is 16.2. The molecule has 0 bridgehead atoms. The Morgan fingerprint density at radius 1 is 0.750 bits per heavy atom. The zero-order chi connectivity index (χ0) is 33.4. The number of carbonyl (C=O) groups is 1. The molecule has 10 heteroatoms. The van der Waals surface area contributed by atoms with E-state index in [2.05, 4.69) is 5.32 Å². The molecular formula is C38H43NO9. The summed E-state index contributed by atoms with van der Waals surface area (Å²) in [5, 5.41) is 23.1. The summed E-state index contributed by atoms with van der Waals surface area (Å²) in [7, 11) is 0. The van der Waals surface area contributed by atoms with Gasteiger partial charge in [-0.2, -0.15) is 0 Å². The number of ether oxygens (including phenoxy) is 6. The maximum atomic E-state index is 12.4. The van der Waals surface area contributed by atoms with Crippen molar-refractivity contribution < 1.29 is 43.4 Å². The average Bonchev–Trinajstić information content (AvgIpc) is 3.13. The molecule has 1 aliphatic heterocycles. The van der Waals surface area contributed by atoms with Crippen LogP contribution in [0.15, 0.2) is 109 Å². The summed E-state index contributed by atoms with van der Waals surface area (Å²) in [4.78, 5) is 12.4. The second kappa shape index (κ2) is 18.7. The SMILES string of the molecule is O=C(CC(O)C(CO)Oc1ccc(OCc2ccccc2)cc1)NCCCC1OCC(Oc2ccc(OCc3ccccc3)cc2)CO1. The van der Waals surface area contributed by atoms with E-state index in [1.165, 1.54) is 0 Å². The highest BCUT2D eigenvalue weighted by atomic mass is 16.7. The molecule has 1 saturated heterocycles. The molecule has 1 aliphatic rings. The van der Waals surface area contributed by atoms with Crippen LogP contribution < -0.4 is 24.3 Å². The van der Waals surface area contributed by atoms with Crippen LogP contribution in [-0.4, -0.2) is 67.1 Å². The number of aliphatic hydroxyl groups excluding tert-OH is 2. The van der Waals surface area contributed by atoms with Gasteiger partial charge in [-0.15, -0.1) is 0 Å². The van der Waals surface area contributed by atoms with E-state index in [0.717, 1.165) is 16.9 Å². The Hall–Kier alpha value is -4.61. The van der Waals surface area contributed by atoms with Gasteiger partial charge >= 0.3 is 0 Å². The van der Waals surface area contributed by atoms with E-state index >= 15 is 0 Å². The number of aliphatic hydroxyl groups is 2.